The first-order valence-corrected chi connectivity index (χ1v) is 11.1. The maximum atomic E-state index is 11.9. The Morgan fingerprint density at radius 1 is 0.939 bits per heavy atom. The third-order valence-electron chi connectivity index (χ3n) is 5.90. The van der Waals surface area contributed by atoms with Gasteiger partial charge in [-0.05, 0) is 25.7 Å². The number of hydrogen-bond acceptors (Lipinski definition) is 8. The minimum Gasteiger partial charge on any atom is -0.385 e. The third-order valence-corrected chi connectivity index (χ3v) is 5.90. The molecule has 0 radical (unpaired) electrons. The topological polar surface area (TPSA) is 174 Å². The number of aromatic nitrogens is 2. The van der Waals surface area contributed by atoms with E-state index in [2.05, 4.69) is 15.0 Å². The quantitative estimate of drug-likeness (QED) is 0.384. The number of imidazole rings is 1. The van der Waals surface area contributed by atoms with Crippen molar-refractivity contribution in [3.8, 4) is 0 Å². The predicted octanol–water partition coefficient (Wildman–Crippen LogP) is -0.316. The Morgan fingerprint density at radius 3 is 1.88 bits per heavy atom. The van der Waals surface area contributed by atoms with Gasteiger partial charge in [0.1, 0.15) is 30.1 Å². The molecule has 11 nitrogen and oxygen atoms in total. The molecule has 0 spiro atoms. The van der Waals surface area contributed by atoms with E-state index in [1.165, 1.54) is 6.20 Å². The summed E-state index contributed by atoms with van der Waals surface area (Å²) in [4.78, 5) is 37.8. The van der Waals surface area contributed by atoms with E-state index < -0.39 is 24.3 Å². The Morgan fingerprint density at radius 2 is 1.45 bits per heavy atom. The summed E-state index contributed by atoms with van der Waals surface area (Å²) in [6.07, 6.45) is 9.21. The van der Waals surface area contributed by atoms with Crippen molar-refractivity contribution in [3.63, 3.8) is 0 Å². The van der Waals surface area contributed by atoms with Gasteiger partial charge in [0.15, 0.2) is 0 Å². The lowest BCUT2D eigenvalue weighted by molar-refractivity contribution is -0.134. The second-order valence-electron chi connectivity index (χ2n) is 8.19. The van der Waals surface area contributed by atoms with Gasteiger partial charge in [0.2, 0.25) is 11.8 Å². The van der Waals surface area contributed by atoms with Crippen LogP contribution in [0.25, 0.3) is 0 Å². The zero-order valence-corrected chi connectivity index (χ0v) is 18.1. The molecule has 0 saturated carbocycles. The Bertz CT molecular complexity index is 815. The van der Waals surface area contributed by atoms with Crippen molar-refractivity contribution >= 4 is 17.5 Å². The third kappa shape index (κ3) is 6.70. The Balaban J connectivity index is 0.000000227. The molecule has 184 valence electrons. The fraction of sp³-hybridized carbons (Fsp3) is 0.636. The molecule has 4 unspecified atom stereocenters. The van der Waals surface area contributed by atoms with Crippen LogP contribution in [0.1, 0.15) is 51.5 Å². The van der Waals surface area contributed by atoms with Gasteiger partial charge >= 0.3 is 0 Å². The molecule has 3 aliphatic heterocycles. The Hall–Kier alpha value is -2.60. The number of carbonyl (C=O) groups is 2. The van der Waals surface area contributed by atoms with Gasteiger partial charge in [-0.25, -0.2) is 4.98 Å². The summed E-state index contributed by atoms with van der Waals surface area (Å²) >= 11 is 0. The van der Waals surface area contributed by atoms with Gasteiger partial charge in [-0.1, -0.05) is 13.5 Å². The molecule has 11 heteroatoms. The van der Waals surface area contributed by atoms with Crippen molar-refractivity contribution in [2.24, 2.45) is 16.5 Å². The molecule has 1 aromatic rings. The maximum Gasteiger partial charge on any atom is 0.242 e. The van der Waals surface area contributed by atoms with Crippen molar-refractivity contribution in [2.45, 2.75) is 63.8 Å². The number of aliphatic hydroxyl groups is 2. The highest BCUT2D eigenvalue weighted by Gasteiger charge is 2.32. The van der Waals surface area contributed by atoms with Crippen LogP contribution in [-0.4, -0.2) is 91.9 Å². The van der Waals surface area contributed by atoms with Crippen molar-refractivity contribution in [1.82, 2.24) is 19.8 Å². The van der Waals surface area contributed by atoms with E-state index >= 15 is 0 Å². The number of likely N-dealkylation sites (tertiary alicyclic amines) is 2. The summed E-state index contributed by atoms with van der Waals surface area (Å²) in [6.45, 7) is 2.97. The first-order chi connectivity index (χ1) is 15.4. The van der Waals surface area contributed by atoms with E-state index in [4.69, 9.17) is 11.5 Å². The monoisotopic (exact) mass is 463 g/mol. The van der Waals surface area contributed by atoms with E-state index in [-0.39, 0.29) is 19.2 Å². The largest absolute Gasteiger partial charge is 0.385 e. The lowest BCUT2D eigenvalue weighted by Gasteiger charge is -2.23. The molecular weight excluding hydrogens is 426 g/mol. The molecule has 3 aliphatic rings. The molecule has 4 heterocycles. The molecule has 33 heavy (non-hydrogen) atoms. The van der Waals surface area contributed by atoms with Crippen molar-refractivity contribution in [1.29, 1.82) is 0 Å². The van der Waals surface area contributed by atoms with Crippen LogP contribution in [0, 0.1) is 0 Å². The number of nitrogens with two attached hydrogens (primary N) is 2. The summed E-state index contributed by atoms with van der Waals surface area (Å²) in [6, 6.07) is -1.82. The van der Waals surface area contributed by atoms with Crippen LogP contribution in [0.2, 0.25) is 0 Å². The number of amides is 2. The maximum absolute atomic E-state index is 11.9. The number of allylic oxidation sites excluding steroid dienone is 1. The van der Waals surface area contributed by atoms with Gasteiger partial charge in [0, 0.05) is 51.2 Å². The second kappa shape index (κ2) is 12.6. The van der Waals surface area contributed by atoms with Crippen LogP contribution in [0.3, 0.4) is 0 Å². The van der Waals surface area contributed by atoms with Gasteiger partial charge in [-0.2, -0.15) is 0 Å². The zero-order valence-electron chi connectivity index (χ0n) is 18.1. The summed E-state index contributed by atoms with van der Waals surface area (Å²) < 4.78 is 0. The molecule has 2 amide bonds. The predicted molar refractivity (Wildman–Crippen MR) is 125 cm³/mol. The Labute approximate surface area is 194 Å². The van der Waals surface area contributed by atoms with Crippen LogP contribution in [0.5, 0.6) is 0 Å². The highest BCUT2D eigenvalue weighted by molar-refractivity contribution is 5.97. The molecule has 2 saturated heterocycles. The molecule has 7 N–H and O–H groups in total. The standard InChI is InChI=1S/C11H17N3O2.C10H16N4O2.CH4/c12-9(10(15)8-4-3-5-13-8)11(16)14-6-1-2-7-14;11-7(8(15)9-12-3-4-13-9)10(16)14-5-1-2-6-14;/h3,5,9-10,15H,1-2,4,6-7,12H2;3-4,7-8,15H,1-2,5-6,11H2,(H,12,13);1H4. The molecule has 0 aromatic carbocycles. The highest BCUT2D eigenvalue weighted by Crippen LogP contribution is 2.16. The summed E-state index contributed by atoms with van der Waals surface area (Å²) in [5, 5.41) is 19.7. The first kappa shape index (κ1) is 26.7. The minimum atomic E-state index is -1.07. The number of H-pyrrole nitrogens is 1. The van der Waals surface area contributed by atoms with Gasteiger partial charge < -0.3 is 36.5 Å². The molecule has 0 bridgehead atoms. The summed E-state index contributed by atoms with van der Waals surface area (Å²) in [7, 11) is 0. The van der Waals surface area contributed by atoms with Crippen LogP contribution in [0.4, 0.5) is 0 Å². The number of aromatic amines is 1. The van der Waals surface area contributed by atoms with Crippen molar-refractivity contribution in [3.05, 3.63) is 30.5 Å². The lowest BCUT2D eigenvalue weighted by atomic mass is 10.0. The van der Waals surface area contributed by atoms with Crippen LogP contribution < -0.4 is 11.5 Å². The fourth-order valence-corrected chi connectivity index (χ4v) is 3.96. The molecule has 4 atom stereocenters. The van der Waals surface area contributed by atoms with Gasteiger partial charge in [0.25, 0.3) is 0 Å². The minimum absolute atomic E-state index is 0. The number of rotatable bonds is 6. The van der Waals surface area contributed by atoms with E-state index in [0.717, 1.165) is 51.9 Å². The SMILES string of the molecule is C.NC(C(=O)N1CCCC1)C(O)C1=NC=CC1.NC(C(=O)N1CCCC1)C(O)c1ncc[nH]1. The van der Waals surface area contributed by atoms with E-state index in [1.807, 2.05) is 6.08 Å². The normalized spacial score (nSPS) is 20.9. The molecule has 4 rings (SSSR count). The second-order valence-corrected chi connectivity index (χ2v) is 8.19. The number of nitrogens with one attached hydrogen (secondary N) is 1. The van der Waals surface area contributed by atoms with E-state index in [1.54, 1.807) is 22.2 Å². The van der Waals surface area contributed by atoms with Crippen LogP contribution in [0.15, 0.2) is 29.7 Å². The molecular formula is C22H37N7O4. The number of nitrogens with zero attached hydrogens (tertiary/aromatic N) is 4. The van der Waals surface area contributed by atoms with Crippen molar-refractivity contribution < 1.29 is 19.8 Å². The highest BCUT2D eigenvalue weighted by atomic mass is 16.3. The lowest BCUT2D eigenvalue weighted by Crippen LogP contribution is -2.51. The zero-order chi connectivity index (χ0) is 23.1. The van der Waals surface area contributed by atoms with Gasteiger partial charge in [0.05, 0.1) is 5.71 Å². The fourth-order valence-electron chi connectivity index (χ4n) is 3.96. The number of aliphatic hydroxyl groups excluding tert-OH is 2. The molecule has 1 aromatic heterocycles. The number of carbonyl (C=O) groups excluding carboxylic acids is 2. The summed E-state index contributed by atoms with van der Waals surface area (Å²) in [5.74, 6) is -0.0407. The summed E-state index contributed by atoms with van der Waals surface area (Å²) in [5.41, 5.74) is 12.1. The molecule has 2 fully saturated rings. The average molecular weight is 464 g/mol. The number of hydrogen-bond donors (Lipinski definition) is 5. The Kier molecular flexibility index (Phi) is 10.2. The van der Waals surface area contributed by atoms with Gasteiger partial charge in [-0.15, -0.1) is 0 Å². The van der Waals surface area contributed by atoms with Crippen molar-refractivity contribution in [2.75, 3.05) is 26.2 Å². The van der Waals surface area contributed by atoms with Crippen LogP contribution >= 0.6 is 0 Å². The van der Waals surface area contributed by atoms with Crippen LogP contribution in [-0.2, 0) is 9.59 Å². The first-order valence-electron chi connectivity index (χ1n) is 11.1. The van der Waals surface area contributed by atoms with E-state index in [9.17, 15) is 19.8 Å². The smallest absolute Gasteiger partial charge is 0.242 e. The van der Waals surface area contributed by atoms with E-state index in [0.29, 0.717) is 18.0 Å². The number of aliphatic imine (C=N–C) groups is 1. The molecule has 0 aliphatic carbocycles. The average Bonchev–Trinajstić information content (AvgIpc) is 3.63. The van der Waals surface area contributed by atoms with Gasteiger partial charge in [-0.3, -0.25) is 14.6 Å².